The van der Waals surface area contributed by atoms with Crippen LogP contribution in [-0.4, -0.2) is 18.6 Å². The highest BCUT2D eigenvalue weighted by Gasteiger charge is 2.30. The van der Waals surface area contributed by atoms with Gasteiger partial charge in [0.05, 0.1) is 0 Å². The van der Waals surface area contributed by atoms with Gasteiger partial charge in [-0.05, 0) is 36.5 Å². The molecule has 0 heterocycles. The van der Waals surface area contributed by atoms with E-state index in [-0.39, 0.29) is 11.3 Å². The number of amides is 1. The highest BCUT2D eigenvalue weighted by atomic mass is 16.5. The fourth-order valence-corrected chi connectivity index (χ4v) is 1.71. The highest BCUT2D eigenvalue weighted by Crippen LogP contribution is 2.24. The van der Waals surface area contributed by atoms with Gasteiger partial charge in [0.2, 0.25) is 0 Å². The Balaban J connectivity index is 2.82. The van der Waals surface area contributed by atoms with E-state index < -0.39 is 5.60 Å². The van der Waals surface area contributed by atoms with Crippen LogP contribution < -0.4 is 5.32 Å². The van der Waals surface area contributed by atoms with Crippen LogP contribution in [0.2, 0.25) is 0 Å². The van der Waals surface area contributed by atoms with Gasteiger partial charge in [-0.25, -0.2) is 0 Å². The van der Waals surface area contributed by atoms with Crippen LogP contribution in [0.3, 0.4) is 0 Å². The molecule has 0 aliphatic heterocycles. The summed E-state index contributed by atoms with van der Waals surface area (Å²) in [6.45, 7) is 10.2. The minimum absolute atomic E-state index is 0.110. The first-order valence-electron chi connectivity index (χ1n) is 6.70. The fraction of sp³-hybridized carbons (Fsp3) is 0.562. The summed E-state index contributed by atoms with van der Waals surface area (Å²) in [5.74, 6) is -0.110. The predicted octanol–water partition coefficient (Wildman–Crippen LogP) is 3.74. The monoisotopic (exact) mass is 263 g/mol. The highest BCUT2D eigenvalue weighted by molar-refractivity contribution is 5.97. The molecule has 106 valence electrons. The molecule has 0 fully saturated rings. The molecule has 0 saturated carbocycles. The summed E-state index contributed by atoms with van der Waals surface area (Å²) in [5, 5.41) is 2.90. The van der Waals surface area contributed by atoms with Gasteiger partial charge in [-0.2, -0.15) is 0 Å². The zero-order valence-electron chi connectivity index (χ0n) is 12.8. The van der Waals surface area contributed by atoms with Crippen LogP contribution >= 0.6 is 0 Å². The van der Waals surface area contributed by atoms with Crippen LogP contribution in [0.15, 0.2) is 24.3 Å². The molecule has 0 radical (unpaired) electrons. The number of ether oxygens (including phenoxy) is 1. The summed E-state index contributed by atoms with van der Waals surface area (Å²) in [5.41, 5.74) is 1.39. The first kappa shape index (κ1) is 15.7. The number of carbonyl (C=O) groups is 1. The molecular weight excluding hydrogens is 238 g/mol. The summed E-state index contributed by atoms with van der Waals surface area (Å²) >= 11 is 0. The maximum Gasteiger partial charge on any atom is 0.256 e. The van der Waals surface area contributed by atoms with Gasteiger partial charge in [0.1, 0.15) is 5.60 Å². The van der Waals surface area contributed by atoms with Gasteiger partial charge >= 0.3 is 0 Å². The van der Waals surface area contributed by atoms with E-state index in [1.165, 1.54) is 5.56 Å². The Morgan fingerprint density at radius 1 is 1.16 bits per heavy atom. The van der Waals surface area contributed by atoms with Gasteiger partial charge in [-0.1, -0.05) is 39.8 Å². The smallest absolute Gasteiger partial charge is 0.256 e. The molecule has 1 aromatic carbocycles. The number of hydrogen-bond donors (Lipinski definition) is 1. The van der Waals surface area contributed by atoms with Crippen molar-refractivity contribution in [1.29, 1.82) is 0 Å². The number of carbonyl (C=O) groups excluding carboxylic acids is 1. The van der Waals surface area contributed by atoms with Crippen LogP contribution in [0, 0.1) is 0 Å². The van der Waals surface area contributed by atoms with Crippen molar-refractivity contribution in [3.63, 3.8) is 0 Å². The second-order valence-corrected chi connectivity index (χ2v) is 6.07. The molecule has 0 bridgehead atoms. The van der Waals surface area contributed by atoms with Crippen LogP contribution in [0.5, 0.6) is 0 Å². The molecule has 1 aromatic rings. The molecule has 1 rings (SSSR count). The summed E-state index contributed by atoms with van der Waals surface area (Å²) in [6, 6.07) is 7.96. The molecule has 1 unspecified atom stereocenters. The Morgan fingerprint density at radius 3 is 2.05 bits per heavy atom. The van der Waals surface area contributed by atoms with Crippen LogP contribution in [-0.2, 0) is 14.9 Å². The second-order valence-electron chi connectivity index (χ2n) is 6.07. The van der Waals surface area contributed by atoms with Crippen molar-refractivity contribution in [3.8, 4) is 0 Å². The molecule has 0 aliphatic carbocycles. The standard InChI is InChI=1S/C16H25NO2/c1-7-16(5,19-6)14(18)17-13-10-8-12(9-11-13)15(2,3)4/h8-11H,7H2,1-6H3,(H,17,18). The lowest BCUT2D eigenvalue weighted by molar-refractivity contribution is -0.136. The Labute approximate surface area is 116 Å². The molecule has 3 nitrogen and oxygen atoms in total. The lowest BCUT2D eigenvalue weighted by atomic mass is 9.87. The van der Waals surface area contributed by atoms with Gasteiger partial charge in [0.25, 0.3) is 5.91 Å². The molecule has 1 amide bonds. The van der Waals surface area contributed by atoms with Crippen molar-refractivity contribution in [2.45, 2.75) is 52.1 Å². The van der Waals surface area contributed by atoms with Gasteiger partial charge in [0, 0.05) is 12.8 Å². The molecule has 0 aliphatic rings. The summed E-state index contributed by atoms with van der Waals surface area (Å²) in [4.78, 5) is 12.1. The molecule has 0 aromatic heterocycles. The van der Waals surface area contributed by atoms with Crippen molar-refractivity contribution in [3.05, 3.63) is 29.8 Å². The third-order valence-electron chi connectivity index (χ3n) is 3.61. The Hall–Kier alpha value is -1.35. The quantitative estimate of drug-likeness (QED) is 0.898. The summed E-state index contributed by atoms with van der Waals surface area (Å²) in [7, 11) is 1.56. The molecule has 3 heteroatoms. The van der Waals surface area contributed by atoms with Crippen LogP contribution in [0.1, 0.15) is 46.6 Å². The number of nitrogens with one attached hydrogen (secondary N) is 1. The minimum Gasteiger partial charge on any atom is -0.369 e. The van der Waals surface area contributed by atoms with E-state index in [1.54, 1.807) is 14.0 Å². The van der Waals surface area contributed by atoms with E-state index in [0.29, 0.717) is 6.42 Å². The molecular formula is C16H25NO2. The van der Waals surface area contributed by atoms with Crippen molar-refractivity contribution in [1.82, 2.24) is 0 Å². The normalized spacial score (nSPS) is 14.8. The number of rotatable bonds is 4. The van der Waals surface area contributed by atoms with E-state index in [1.807, 2.05) is 31.2 Å². The molecule has 1 N–H and O–H groups in total. The second kappa shape index (κ2) is 5.74. The largest absolute Gasteiger partial charge is 0.369 e. The molecule has 0 saturated heterocycles. The van der Waals surface area contributed by atoms with Gasteiger partial charge in [-0.3, -0.25) is 4.79 Å². The van der Waals surface area contributed by atoms with E-state index in [2.05, 4.69) is 26.1 Å². The van der Waals surface area contributed by atoms with E-state index >= 15 is 0 Å². The Bertz CT molecular complexity index is 425. The van der Waals surface area contributed by atoms with Crippen molar-refractivity contribution in [2.24, 2.45) is 0 Å². The minimum atomic E-state index is -0.775. The first-order valence-corrected chi connectivity index (χ1v) is 6.70. The van der Waals surface area contributed by atoms with Gasteiger partial charge < -0.3 is 10.1 Å². The average molecular weight is 263 g/mol. The number of benzene rings is 1. The lowest BCUT2D eigenvalue weighted by Crippen LogP contribution is -2.41. The zero-order valence-corrected chi connectivity index (χ0v) is 12.8. The number of hydrogen-bond acceptors (Lipinski definition) is 2. The van der Waals surface area contributed by atoms with Crippen molar-refractivity contribution < 1.29 is 9.53 Å². The lowest BCUT2D eigenvalue weighted by Gasteiger charge is -2.25. The molecule has 19 heavy (non-hydrogen) atoms. The maximum atomic E-state index is 12.1. The number of anilines is 1. The van der Waals surface area contributed by atoms with Gasteiger partial charge in [-0.15, -0.1) is 0 Å². The Kier molecular flexibility index (Phi) is 4.75. The maximum absolute atomic E-state index is 12.1. The van der Waals surface area contributed by atoms with Crippen molar-refractivity contribution >= 4 is 11.6 Å². The topological polar surface area (TPSA) is 38.3 Å². The summed E-state index contributed by atoms with van der Waals surface area (Å²) in [6.07, 6.45) is 0.634. The SMILES string of the molecule is CCC(C)(OC)C(=O)Nc1ccc(C(C)(C)C)cc1. The molecule has 0 spiro atoms. The molecule has 1 atom stereocenters. The first-order chi connectivity index (χ1) is 8.73. The van der Waals surface area contributed by atoms with Crippen LogP contribution in [0.4, 0.5) is 5.69 Å². The van der Waals surface area contributed by atoms with Crippen LogP contribution in [0.25, 0.3) is 0 Å². The third-order valence-corrected chi connectivity index (χ3v) is 3.61. The summed E-state index contributed by atoms with van der Waals surface area (Å²) < 4.78 is 5.29. The third kappa shape index (κ3) is 3.80. The van der Waals surface area contributed by atoms with E-state index in [9.17, 15) is 4.79 Å². The average Bonchev–Trinajstić information content (AvgIpc) is 2.37. The predicted molar refractivity (Wildman–Crippen MR) is 79.5 cm³/mol. The van der Waals surface area contributed by atoms with E-state index in [0.717, 1.165) is 5.69 Å². The fourth-order valence-electron chi connectivity index (χ4n) is 1.71. The Morgan fingerprint density at radius 2 is 1.68 bits per heavy atom. The number of methoxy groups -OCH3 is 1. The zero-order chi connectivity index (χ0) is 14.7. The van der Waals surface area contributed by atoms with Crippen molar-refractivity contribution in [2.75, 3.05) is 12.4 Å². The van der Waals surface area contributed by atoms with E-state index in [4.69, 9.17) is 4.74 Å². The van der Waals surface area contributed by atoms with Gasteiger partial charge in [0.15, 0.2) is 0 Å².